The first kappa shape index (κ1) is 27.8. The van der Waals surface area contributed by atoms with Crippen LogP contribution in [0.1, 0.15) is 60.3 Å². The molecule has 0 bridgehead atoms. The fourth-order valence-electron chi connectivity index (χ4n) is 1.92. The Balaban J connectivity index is 4.61. The Kier molecular flexibility index (Phi) is 10.4. The van der Waals surface area contributed by atoms with E-state index in [1.807, 2.05) is 27.7 Å². The van der Waals surface area contributed by atoms with Gasteiger partial charge in [-0.1, -0.05) is 39.7 Å². The fourth-order valence-corrected chi connectivity index (χ4v) is 1.92. The fraction of sp³-hybridized carbons (Fsp3) is 0.737. The van der Waals surface area contributed by atoms with Gasteiger partial charge in [-0.05, 0) is 25.2 Å². The molecule has 0 aliphatic rings. The lowest BCUT2D eigenvalue weighted by Crippen LogP contribution is -2.41. The molecule has 0 spiro atoms. The van der Waals surface area contributed by atoms with Gasteiger partial charge >= 0.3 is 30.0 Å². The van der Waals surface area contributed by atoms with E-state index in [2.05, 4.69) is 9.47 Å². The van der Waals surface area contributed by atoms with E-state index in [0.717, 1.165) is 12.0 Å². The first-order valence-corrected chi connectivity index (χ1v) is 9.17. The highest BCUT2D eigenvalue weighted by Gasteiger charge is 2.58. The molecule has 6 nitrogen and oxygen atoms in total. The number of halogens is 5. The number of hydrogen-bond acceptors (Lipinski definition) is 6. The summed E-state index contributed by atoms with van der Waals surface area (Å²) in [6.45, 7) is 6.42. The SMILES string of the molecule is CC/C(C)=C(/CC(C)(C)CC)C(=O)OCOC(=O)CC(=O)OCC(F)(F)C(F)(F)F. The average Bonchev–Trinajstić information content (AvgIpc) is 2.62. The molecule has 0 unspecified atom stereocenters. The first-order valence-electron chi connectivity index (χ1n) is 9.17. The lowest BCUT2D eigenvalue weighted by molar-refractivity contribution is -0.294. The molecule has 0 aromatic rings. The maximum atomic E-state index is 12.7. The number of carbonyl (C=O) groups is 3. The van der Waals surface area contributed by atoms with Crippen LogP contribution in [-0.4, -0.2) is 43.4 Å². The number of esters is 3. The monoisotopic (exact) mass is 446 g/mol. The highest BCUT2D eigenvalue weighted by Crippen LogP contribution is 2.35. The molecule has 0 saturated carbocycles. The van der Waals surface area contributed by atoms with Crippen LogP contribution in [0.4, 0.5) is 22.0 Å². The van der Waals surface area contributed by atoms with Crippen molar-refractivity contribution >= 4 is 17.9 Å². The molecule has 0 fully saturated rings. The average molecular weight is 446 g/mol. The Morgan fingerprint density at radius 2 is 1.40 bits per heavy atom. The van der Waals surface area contributed by atoms with Gasteiger partial charge < -0.3 is 14.2 Å². The Hall–Kier alpha value is -2.20. The van der Waals surface area contributed by atoms with Crippen LogP contribution in [0.25, 0.3) is 0 Å². The van der Waals surface area contributed by atoms with E-state index in [1.165, 1.54) is 0 Å². The number of allylic oxidation sites excluding steroid dienone is 1. The van der Waals surface area contributed by atoms with Gasteiger partial charge in [-0.15, -0.1) is 0 Å². The van der Waals surface area contributed by atoms with Crippen molar-refractivity contribution in [3.63, 3.8) is 0 Å². The Labute approximate surface area is 171 Å². The summed E-state index contributed by atoms with van der Waals surface area (Å²) in [5, 5.41) is 0. The molecule has 0 saturated heterocycles. The molecule has 0 atom stereocenters. The number of carbonyl (C=O) groups excluding carboxylic acids is 3. The van der Waals surface area contributed by atoms with Gasteiger partial charge in [0.25, 0.3) is 0 Å². The van der Waals surface area contributed by atoms with Crippen LogP contribution in [0, 0.1) is 5.41 Å². The summed E-state index contributed by atoms with van der Waals surface area (Å²) in [6.07, 6.45) is -5.29. The van der Waals surface area contributed by atoms with Crippen molar-refractivity contribution in [1.29, 1.82) is 0 Å². The molecule has 0 aliphatic heterocycles. The summed E-state index contributed by atoms with van der Waals surface area (Å²) < 4.78 is 74.3. The van der Waals surface area contributed by atoms with E-state index >= 15 is 0 Å². The third kappa shape index (κ3) is 9.53. The largest absolute Gasteiger partial charge is 0.458 e. The highest BCUT2D eigenvalue weighted by atomic mass is 19.4. The molecular weight excluding hydrogens is 419 g/mol. The molecule has 0 heterocycles. The molecule has 0 radical (unpaired) electrons. The van der Waals surface area contributed by atoms with Crippen LogP contribution in [-0.2, 0) is 28.6 Å². The summed E-state index contributed by atoms with van der Waals surface area (Å²) in [5.41, 5.74) is 1.04. The molecule has 174 valence electrons. The third-order valence-electron chi connectivity index (χ3n) is 4.43. The van der Waals surface area contributed by atoms with E-state index in [1.54, 1.807) is 6.92 Å². The zero-order valence-electron chi connectivity index (χ0n) is 17.6. The van der Waals surface area contributed by atoms with Crippen LogP contribution in [0.15, 0.2) is 11.1 Å². The lowest BCUT2D eigenvalue weighted by atomic mass is 9.81. The van der Waals surface area contributed by atoms with Crippen LogP contribution < -0.4 is 0 Å². The number of hydrogen-bond donors (Lipinski definition) is 0. The van der Waals surface area contributed by atoms with Crippen molar-refractivity contribution in [2.24, 2.45) is 5.41 Å². The van der Waals surface area contributed by atoms with Gasteiger partial charge in [0.15, 0.2) is 6.61 Å². The van der Waals surface area contributed by atoms with Crippen molar-refractivity contribution in [3.05, 3.63) is 11.1 Å². The standard InChI is InChI=1S/C19H27F5O6/c1-6-12(3)13(9-17(4,5)7-2)16(27)30-11-29-15(26)8-14(25)28-10-18(20,21)19(22,23)24/h6-11H2,1-5H3/b13-12-. The van der Waals surface area contributed by atoms with Gasteiger partial charge in [-0.2, -0.15) is 22.0 Å². The Bertz CT molecular complexity index is 652. The van der Waals surface area contributed by atoms with Crippen LogP contribution in [0.5, 0.6) is 0 Å². The van der Waals surface area contributed by atoms with Gasteiger partial charge in [0, 0.05) is 5.57 Å². The highest BCUT2D eigenvalue weighted by molar-refractivity contribution is 5.91. The molecular formula is C19H27F5O6. The van der Waals surface area contributed by atoms with Crippen molar-refractivity contribution < 1.29 is 50.5 Å². The summed E-state index contributed by atoms with van der Waals surface area (Å²) in [7, 11) is 0. The minimum atomic E-state index is -5.89. The number of ether oxygens (including phenoxy) is 3. The Morgan fingerprint density at radius 3 is 1.87 bits per heavy atom. The van der Waals surface area contributed by atoms with Gasteiger partial charge in [0.2, 0.25) is 6.79 Å². The molecule has 0 aromatic carbocycles. The quantitative estimate of drug-likeness (QED) is 0.150. The number of rotatable bonds is 11. The normalized spacial score (nSPS) is 13.4. The summed E-state index contributed by atoms with van der Waals surface area (Å²) in [4.78, 5) is 35.0. The topological polar surface area (TPSA) is 78.9 Å². The van der Waals surface area contributed by atoms with Gasteiger partial charge in [0.05, 0.1) is 0 Å². The third-order valence-corrected chi connectivity index (χ3v) is 4.43. The van der Waals surface area contributed by atoms with E-state index in [0.29, 0.717) is 18.4 Å². The van der Waals surface area contributed by atoms with Crippen LogP contribution in [0.2, 0.25) is 0 Å². The van der Waals surface area contributed by atoms with E-state index in [-0.39, 0.29) is 5.41 Å². The molecule has 30 heavy (non-hydrogen) atoms. The smallest absolute Gasteiger partial charge is 0.456 e. The molecule has 0 rings (SSSR count). The summed E-state index contributed by atoms with van der Waals surface area (Å²) in [5.74, 6) is -8.90. The zero-order chi connectivity index (χ0) is 23.8. The van der Waals surface area contributed by atoms with E-state index in [9.17, 15) is 36.3 Å². The molecule has 0 aliphatic carbocycles. The lowest BCUT2D eigenvalue weighted by Gasteiger charge is -2.24. The maximum Gasteiger partial charge on any atom is 0.456 e. The minimum Gasteiger partial charge on any atom is -0.458 e. The van der Waals surface area contributed by atoms with Gasteiger partial charge in [-0.3, -0.25) is 9.59 Å². The molecule has 0 aromatic heterocycles. The van der Waals surface area contributed by atoms with Crippen LogP contribution >= 0.6 is 0 Å². The zero-order valence-corrected chi connectivity index (χ0v) is 17.6. The molecule has 11 heteroatoms. The van der Waals surface area contributed by atoms with Crippen molar-refractivity contribution in [2.75, 3.05) is 13.4 Å². The van der Waals surface area contributed by atoms with Crippen molar-refractivity contribution in [2.45, 2.75) is 72.4 Å². The minimum absolute atomic E-state index is 0.177. The Morgan fingerprint density at radius 1 is 0.867 bits per heavy atom. The second kappa shape index (κ2) is 11.3. The predicted molar refractivity (Wildman–Crippen MR) is 95.3 cm³/mol. The van der Waals surface area contributed by atoms with Gasteiger partial charge in [0.1, 0.15) is 6.42 Å². The second-order valence-corrected chi connectivity index (χ2v) is 7.41. The maximum absolute atomic E-state index is 12.7. The van der Waals surface area contributed by atoms with Crippen LogP contribution in [0.3, 0.4) is 0 Å². The van der Waals surface area contributed by atoms with E-state index < -0.39 is 49.8 Å². The number of alkyl halides is 5. The van der Waals surface area contributed by atoms with Crippen molar-refractivity contribution in [1.82, 2.24) is 0 Å². The molecule has 0 N–H and O–H groups in total. The second-order valence-electron chi connectivity index (χ2n) is 7.41. The summed E-state index contributed by atoms with van der Waals surface area (Å²) in [6, 6.07) is 0. The summed E-state index contributed by atoms with van der Waals surface area (Å²) >= 11 is 0. The van der Waals surface area contributed by atoms with Crippen molar-refractivity contribution in [3.8, 4) is 0 Å². The van der Waals surface area contributed by atoms with Gasteiger partial charge in [-0.25, -0.2) is 4.79 Å². The first-order chi connectivity index (χ1) is 13.6. The van der Waals surface area contributed by atoms with E-state index in [4.69, 9.17) is 4.74 Å². The predicted octanol–water partition coefficient (Wildman–Crippen LogP) is 4.71. The molecule has 0 amide bonds.